The molecule has 9 heteroatoms. The first-order chi connectivity index (χ1) is 30.2. The fourth-order valence-electron chi connectivity index (χ4n) is 9.97. The van der Waals surface area contributed by atoms with Crippen LogP contribution in [0.25, 0.3) is 0 Å². The molecule has 0 aliphatic carbocycles. The predicted molar refractivity (Wildman–Crippen MR) is 266 cm³/mol. The summed E-state index contributed by atoms with van der Waals surface area (Å²) in [5, 5.41) is 28.1. The quantitative estimate of drug-likeness (QED) is 0.0613. The lowest BCUT2D eigenvalue weighted by molar-refractivity contribution is 0.0698. The van der Waals surface area contributed by atoms with Crippen molar-refractivity contribution < 1.29 is 43.7 Å². The van der Waals surface area contributed by atoms with Gasteiger partial charge >= 0.3 is 0 Å². The molecule has 0 saturated heterocycles. The summed E-state index contributed by atoms with van der Waals surface area (Å²) in [6.07, 6.45) is 4.07. The minimum Gasteiger partial charge on any atom is -0.491 e. The third-order valence-corrected chi connectivity index (χ3v) is 11.5. The van der Waals surface area contributed by atoms with Gasteiger partial charge in [0.1, 0.15) is 37.1 Å². The zero-order valence-electron chi connectivity index (χ0n) is 43.4. The Hall–Kier alpha value is -3.18. The summed E-state index contributed by atoms with van der Waals surface area (Å²) in [6.45, 7) is 37.4. The van der Waals surface area contributed by atoms with Crippen molar-refractivity contribution in [2.45, 2.75) is 152 Å². The van der Waals surface area contributed by atoms with E-state index in [1.807, 2.05) is 0 Å². The van der Waals surface area contributed by atoms with Gasteiger partial charge in [-0.25, -0.2) is 0 Å². The summed E-state index contributed by atoms with van der Waals surface area (Å²) in [7, 11) is 0. The minimum absolute atomic E-state index is 0.0352. The van der Waals surface area contributed by atoms with Crippen LogP contribution in [0.15, 0.2) is 48.5 Å². The predicted octanol–water partition coefficient (Wildman–Crippen LogP) is 11.2. The van der Waals surface area contributed by atoms with E-state index in [4.69, 9.17) is 28.4 Å². The fourth-order valence-corrected chi connectivity index (χ4v) is 9.97. The SMILES string of the molecule is CC(C)(C)CC(C)(C)c1ccc(OCCOCCO)c(Cc2cc(C(C)(C)CC(C)(C)C)cc(Cc3cc(C(C)(C)CC(C)(C)C)ccc3OCCOCCO)c2OCCOCCO)c1. The van der Waals surface area contributed by atoms with Crippen LogP contribution < -0.4 is 14.2 Å². The molecule has 3 N–H and O–H groups in total. The molecule has 3 aromatic rings. The second-order valence-electron chi connectivity index (χ2n) is 23.5. The largest absolute Gasteiger partial charge is 0.491 e. The summed E-state index contributed by atoms with van der Waals surface area (Å²) in [4.78, 5) is 0. The Morgan fingerprint density at radius 1 is 0.354 bits per heavy atom. The van der Waals surface area contributed by atoms with E-state index in [1.54, 1.807) is 0 Å². The van der Waals surface area contributed by atoms with Crippen molar-refractivity contribution in [2.75, 3.05) is 79.3 Å². The Balaban J connectivity index is 2.39. The molecule has 0 aliphatic heterocycles. The molecule has 0 atom stereocenters. The molecular formula is C56H90O9. The Morgan fingerprint density at radius 3 is 0.985 bits per heavy atom. The van der Waals surface area contributed by atoms with Crippen LogP contribution in [-0.2, 0) is 43.3 Å². The first-order valence-corrected chi connectivity index (χ1v) is 24.1. The summed E-state index contributed by atoms with van der Waals surface area (Å²) >= 11 is 0. The lowest BCUT2D eigenvalue weighted by atomic mass is 9.71. The van der Waals surface area contributed by atoms with Crippen LogP contribution in [0.4, 0.5) is 0 Å². The van der Waals surface area contributed by atoms with Crippen LogP contribution in [0.3, 0.4) is 0 Å². The highest BCUT2D eigenvalue weighted by Gasteiger charge is 2.32. The molecule has 3 aromatic carbocycles. The lowest BCUT2D eigenvalue weighted by Gasteiger charge is -2.35. The number of rotatable bonds is 28. The highest BCUT2D eigenvalue weighted by Crippen LogP contribution is 2.44. The number of hydrogen-bond acceptors (Lipinski definition) is 9. The van der Waals surface area contributed by atoms with Gasteiger partial charge in [0.05, 0.1) is 59.5 Å². The molecule has 0 unspecified atom stereocenters. The monoisotopic (exact) mass is 907 g/mol. The number of benzene rings is 3. The van der Waals surface area contributed by atoms with Crippen molar-refractivity contribution in [3.8, 4) is 17.2 Å². The molecule has 368 valence electrons. The standard InChI is InChI=1S/C56H90O9/c1-51(2,3)38-54(10,11)45-16-18-48(63-29-26-60-23-20-57)41(34-45)32-43-36-47(56(14,15)40-53(7,8)9)37-44(50(43)65-31-28-62-25-22-59)33-42-35-46(55(12,13)39-52(4,5)6)17-19-49(42)64-30-27-61-24-21-58/h16-19,34-37,57-59H,20-33,38-40H2,1-15H3. The third kappa shape index (κ3) is 19.5. The molecule has 0 radical (unpaired) electrons. The number of hydrogen-bond donors (Lipinski definition) is 3. The fraction of sp³-hybridized carbons (Fsp3) is 0.679. The molecular weight excluding hydrogens is 817 g/mol. The van der Waals surface area contributed by atoms with E-state index in [-0.39, 0.29) is 72.1 Å². The van der Waals surface area contributed by atoms with E-state index in [2.05, 4.69) is 152 Å². The molecule has 0 aromatic heterocycles. The van der Waals surface area contributed by atoms with E-state index in [1.165, 1.54) is 16.7 Å². The maximum absolute atomic E-state index is 9.50. The van der Waals surface area contributed by atoms with E-state index in [9.17, 15) is 15.3 Å². The highest BCUT2D eigenvalue weighted by atomic mass is 16.5. The third-order valence-electron chi connectivity index (χ3n) is 11.5. The first-order valence-electron chi connectivity index (χ1n) is 24.1. The van der Waals surface area contributed by atoms with Crippen molar-refractivity contribution in [1.29, 1.82) is 0 Å². The van der Waals surface area contributed by atoms with Gasteiger partial charge in [0.25, 0.3) is 0 Å². The summed E-state index contributed by atoms with van der Waals surface area (Å²) in [6, 6.07) is 18.0. The second kappa shape index (κ2) is 24.7. The van der Waals surface area contributed by atoms with E-state index in [0.29, 0.717) is 52.5 Å². The molecule has 0 amide bonds. The van der Waals surface area contributed by atoms with Gasteiger partial charge in [-0.15, -0.1) is 0 Å². The molecule has 3 rings (SSSR count). The first kappa shape index (κ1) is 56.1. The average molecular weight is 907 g/mol. The normalized spacial score (nSPS) is 13.1. The minimum atomic E-state index is -0.190. The Morgan fingerprint density at radius 2 is 0.662 bits per heavy atom. The van der Waals surface area contributed by atoms with Crippen molar-refractivity contribution in [3.63, 3.8) is 0 Å². The molecule has 0 fully saturated rings. The Kier molecular flexibility index (Phi) is 21.4. The van der Waals surface area contributed by atoms with Gasteiger partial charge < -0.3 is 43.7 Å². The van der Waals surface area contributed by atoms with E-state index >= 15 is 0 Å². The van der Waals surface area contributed by atoms with Gasteiger partial charge in [-0.3, -0.25) is 0 Å². The molecule has 0 bridgehead atoms. The van der Waals surface area contributed by atoms with Gasteiger partial charge in [-0.2, -0.15) is 0 Å². The van der Waals surface area contributed by atoms with Crippen LogP contribution in [0.5, 0.6) is 17.2 Å². The summed E-state index contributed by atoms with van der Waals surface area (Å²) in [5.74, 6) is 2.39. The van der Waals surface area contributed by atoms with Crippen LogP contribution in [0, 0.1) is 16.2 Å². The average Bonchev–Trinajstić information content (AvgIpc) is 3.16. The lowest BCUT2D eigenvalue weighted by Crippen LogP contribution is -2.26. The molecule has 0 heterocycles. The molecule has 0 saturated carbocycles. The molecule has 9 nitrogen and oxygen atoms in total. The second-order valence-corrected chi connectivity index (χ2v) is 23.5. The van der Waals surface area contributed by atoms with Crippen LogP contribution >= 0.6 is 0 Å². The molecule has 0 spiro atoms. The maximum atomic E-state index is 9.50. The Labute approximate surface area is 394 Å². The van der Waals surface area contributed by atoms with Crippen molar-refractivity contribution in [3.05, 3.63) is 87.5 Å². The van der Waals surface area contributed by atoms with Crippen molar-refractivity contribution in [1.82, 2.24) is 0 Å². The van der Waals surface area contributed by atoms with Gasteiger partial charge in [0, 0.05) is 12.8 Å². The van der Waals surface area contributed by atoms with Gasteiger partial charge in [0.15, 0.2) is 0 Å². The number of aliphatic hydroxyl groups is 3. The van der Waals surface area contributed by atoms with Crippen molar-refractivity contribution in [2.24, 2.45) is 16.2 Å². The summed E-state index contributed by atoms with van der Waals surface area (Å²) < 4.78 is 36.9. The number of ether oxygens (including phenoxy) is 6. The molecule has 0 aliphatic rings. The zero-order chi connectivity index (χ0) is 48.7. The van der Waals surface area contributed by atoms with Gasteiger partial charge in [0.2, 0.25) is 0 Å². The maximum Gasteiger partial charge on any atom is 0.126 e. The van der Waals surface area contributed by atoms with E-state index in [0.717, 1.165) is 58.8 Å². The summed E-state index contributed by atoms with van der Waals surface area (Å²) in [5.41, 5.74) is 7.86. The van der Waals surface area contributed by atoms with Crippen LogP contribution in [0.2, 0.25) is 0 Å². The molecule has 65 heavy (non-hydrogen) atoms. The van der Waals surface area contributed by atoms with Gasteiger partial charge in [-0.05, 0) is 103 Å². The zero-order valence-corrected chi connectivity index (χ0v) is 43.4. The highest BCUT2D eigenvalue weighted by molar-refractivity contribution is 5.54. The topological polar surface area (TPSA) is 116 Å². The van der Waals surface area contributed by atoms with Crippen molar-refractivity contribution >= 4 is 0 Å². The van der Waals surface area contributed by atoms with Gasteiger partial charge in [-0.1, -0.05) is 140 Å². The smallest absolute Gasteiger partial charge is 0.126 e. The number of aliphatic hydroxyl groups excluding tert-OH is 3. The van der Waals surface area contributed by atoms with E-state index < -0.39 is 0 Å². The van der Waals surface area contributed by atoms with Crippen LogP contribution in [0.1, 0.15) is 162 Å². The Bertz CT molecular complexity index is 1760. The van der Waals surface area contributed by atoms with Crippen LogP contribution in [-0.4, -0.2) is 94.6 Å².